The van der Waals surface area contributed by atoms with Gasteiger partial charge in [-0.15, -0.1) is 0 Å². The molecule has 5 nitrogen and oxygen atoms in total. The smallest absolute Gasteiger partial charge is 0.331 e. The number of carbonyl (C=O) groups excluding carboxylic acids is 2. The molecule has 0 N–H and O–H groups in total. The SMILES string of the molecule is Cc1ccccc1/C=C/C(=O)OCC(=O)N(CC#N)c1ccccc1. The number of rotatable bonds is 6. The largest absolute Gasteiger partial charge is 0.452 e. The van der Waals surface area contributed by atoms with E-state index in [2.05, 4.69) is 0 Å². The Bertz CT molecular complexity index is 807. The van der Waals surface area contributed by atoms with Gasteiger partial charge < -0.3 is 4.74 Å². The summed E-state index contributed by atoms with van der Waals surface area (Å²) in [4.78, 5) is 25.3. The molecule has 0 aromatic heterocycles. The molecule has 0 saturated heterocycles. The molecule has 0 saturated carbocycles. The van der Waals surface area contributed by atoms with Gasteiger partial charge in [0, 0.05) is 11.8 Å². The fourth-order valence-corrected chi connectivity index (χ4v) is 2.19. The Balaban J connectivity index is 1.95. The van der Waals surface area contributed by atoms with Crippen LogP contribution in [-0.4, -0.2) is 25.0 Å². The van der Waals surface area contributed by atoms with Gasteiger partial charge in [-0.05, 0) is 36.3 Å². The van der Waals surface area contributed by atoms with E-state index in [9.17, 15) is 9.59 Å². The topological polar surface area (TPSA) is 70.4 Å². The molecule has 1 amide bonds. The molecule has 0 unspecified atom stereocenters. The first-order valence-electron chi connectivity index (χ1n) is 7.74. The first-order valence-corrected chi connectivity index (χ1v) is 7.74. The zero-order valence-corrected chi connectivity index (χ0v) is 13.9. The third-order valence-electron chi connectivity index (χ3n) is 3.52. The van der Waals surface area contributed by atoms with Crippen molar-refractivity contribution in [3.05, 3.63) is 71.8 Å². The molecule has 0 spiro atoms. The molecule has 0 bridgehead atoms. The van der Waals surface area contributed by atoms with E-state index in [0.717, 1.165) is 11.1 Å². The zero-order chi connectivity index (χ0) is 18.1. The lowest BCUT2D eigenvalue weighted by Crippen LogP contribution is -2.34. The number of aryl methyl sites for hydroxylation is 1. The van der Waals surface area contributed by atoms with E-state index in [-0.39, 0.29) is 6.54 Å². The second-order valence-corrected chi connectivity index (χ2v) is 5.27. The molecule has 126 valence electrons. The van der Waals surface area contributed by atoms with Crippen molar-refractivity contribution in [1.29, 1.82) is 5.26 Å². The number of anilines is 1. The molecular formula is C20H18N2O3. The predicted molar refractivity (Wildman–Crippen MR) is 95.6 cm³/mol. The van der Waals surface area contributed by atoms with Gasteiger partial charge in [-0.2, -0.15) is 5.26 Å². The summed E-state index contributed by atoms with van der Waals surface area (Å²) < 4.78 is 4.99. The van der Waals surface area contributed by atoms with Crippen molar-refractivity contribution in [1.82, 2.24) is 0 Å². The van der Waals surface area contributed by atoms with Gasteiger partial charge >= 0.3 is 5.97 Å². The molecule has 0 aliphatic heterocycles. The number of para-hydroxylation sites is 1. The molecule has 0 aliphatic rings. The van der Waals surface area contributed by atoms with Gasteiger partial charge in [0.25, 0.3) is 5.91 Å². The lowest BCUT2D eigenvalue weighted by Gasteiger charge is -2.19. The summed E-state index contributed by atoms with van der Waals surface area (Å²) in [6, 6.07) is 18.3. The maximum atomic E-state index is 12.2. The van der Waals surface area contributed by atoms with Crippen molar-refractivity contribution in [3.63, 3.8) is 0 Å². The van der Waals surface area contributed by atoms with Gasteiger partial charge in [-0.25, -0.2) is 4.79 Å². The molecule has 0 atom stereocenters. The highest BCUT2D eigenvalue weighted by atomic mass is 16.5. The first-order chi connectivity index (χ1) is 12.1. The minimum atomic E-state index is -0.610. The van der Waals surface area contributed by atoms with Crippen LogP contribution in [0.25, 0.3) is 6.08 Å². The van der Waals surface area contributed by atoms with Gasteiger partial charge in [-0.1, -0.05) is 42.5 Å². The van der Waals surface area contributed by atoms with E-state index >= 15 is 0 Å². The molecule has 25 heavy (non-hydrogen) atoms. The van der Waals surface area contributed by atoms with Gasteiger partial charge in [0.05, 0.1) is 6.07 Å². The van der Waals surface area contributed by atoms with Crippen molar-refractivity contribution >= 4 is 23.6 Å². The van der Waals surface area contributed by atoms with E-state index in [1.54, 1.807) is 30.3 Å². The Morgan fingerprint density at radius 2 is 1.80 bits per heavy atom. The Kier molecular flexibility index (Phi) is 6.49. The van der Waals surface area contributed by atoms with Crippen LogP contribution in [0, 0.1) is 18.3 Å². The molecule has 2 rings (SSSR count). The summed E-state index contributed by atoms with van der Waals surface area (Å²) in [5.74, 6) is -1.06. The summed E-state index contributed by atoms with van der Waals surface area (Å²) in [5.41, 5.74) is 2.52. The van der Waals surface area contributed by atoms with Crippen molar-refractivity contribution < 1.29 is 14.3 Å². The molecular weight excluding hydrogens is 316 g/mol. The van der Waals surface area contributed by atoms with Crippen LogP contribution in [0.5, 0.6) is 0 Å². The van der Waals surface area contributed by atoms with Gasteiger partial charge in [0.15, 0.2) is 6.61 Å². The second kappa shape index (κ2) is 9.04. The Morgan fingerprint density at radius 1 is 1.12 bits per heavy atom. The minimum absolute atomic E-state index is 0.112. The van der Waals surface area contributed by atoms with E-state index in [1.165, 1.54) is 11.0 Å². The van der Waals surface area contributed by atoms with Gasteiger partial charge in [0.1, 0.15) is 6.54 Å². The monoisotopic (exact) mass is 334 g/mol. The first kappa shape index (κ1) is 18.0. The third kappa shape index (κ3) is 5.33. The Hall–Kier alpha value is -3.39. The quantitative estimate of drug-likeness (QED) is 0.462. The number of benzene rings is 2. The summed E-state index contributed by atoms with van der Waals surface area (Å²) in [5, 5.41) is 8.90. The number of nitriles is 1. The van der Waals surface area contributed by atoms with Gasteiger partial charge in [0.2, 0.25) is 0 Å². The Morgan fingerprint density at radius 3 is 2.48 bits per heavy atom. The van der Waals surface area contributed by atoms with Crippen molar-refractivity contribution in [2.75, 3.05) is 18.1 Å². The van der Waals surface area contributed by atoms with Crippen molar-refractivity contribution in [2.24, 2.45) is 0 Å². The molecule has 2 aromatic rings. The van der Waals surface area contributed by atoms with Crippen LogP contribution in [0.2, 0.25) is 0 Å². The van der Waals surface area contributed by atoms with Crippen LogP contribution >= 0.6 is 0 Å². The number of amides is 1. The second-order valence-electron chi connectivity index (χ2n) is 5.27. The number of carbonyl (C=O) groups is 2. The number of hydrogen-bond donors (Lipinski definition) is 0. The number of esters is 1. The molecule has 5 heteroatoms. The van der Waals surface area contributed by atoms with Crippen molar-refractivity contribution in [2.45, 2.75) is 6.92 Å². The summed E-state index contributed by atoms with van der Waals surface area (Å²) in [6.07, 6.45) is 2.93. The van der Waals surface area contributed by atoms with Crippen molar-refractivity contribution in [3.8, 4) is 6.07 Å². The highest BCUT2D eigenvalue weighted by molar-refractivity contribution is 5.96. The number of hydrogen-bond acceptors (Lipinski definition) is 4. The molecule has 2 aromatic carbocycles. The number of nitrogens with zero attached hydrogens (tertiary/aromatic N) is 2. The van der Waals surface area contributed by atoms with E-state index in [1.807, 2.05) is 43.3 Å². The highest BCUT2D eigenvalue weighted by Crippen LogP contribution is 2.13. The van der Waals surface area contributed by atoms with E-state index < -0.39 is 18.5 Å². The zero-order valence-electron chi connectivity index (χ0n) is 13.9. The average Bonchev–Trinajstić information content (AvgIpc) is 2.64. The summed E-state index contributed by atoms with van der Waals surface area (Å²) >= 11 is 0. The molecule has 0 fully saturated rings. The van der Waals surface area contributed by atoms with Crippen LogP contribution in [0.1, 0.15) is 11.1 Å². The van der Waals surface area contributed by atoms with Crippen LogP contribution in [0.4, 0.5) is 5.69 Å². The average molecular weight is 334 g/mol. The molecule has 0 radical (unpaired) electrons. The Labute approximate surface area is 146 Å². The minimum Gasteiger partial charge on any atom is -0.452 e. The van der Waals surface area contributed by atoms with Crippen LogP contribution in [0.3, 0.4) is 0 Å². The van der Waals surface area contributed by atoms with E-state index in [4.69, 9.17) is 10.00 Å². The molecule has 0 heterocycles. The van der Waals surface area contributed by atoms with Gasteiger partial charge in [-0.3, -0.25) is 9.69 Å². The number of ether oxygens (including phenoxy) is 1. The standard InChI is InChI=1S/C20H18N2O3/c1-16-7-5-6-8-17(16)11-12-20(24)25-15-19(23)22(14-13-21)18-9-3-2-4-10-18/h2-12H,14-15H2,1H3/b12-11+. The maximum absolute atomic E-state index is 12.2. The third-order valence-corrected chi connectivity index (χ3v) is 3.52. The van der Waals surface area contributed by atoms with E-state index in [0.29, 0.717) is 5.69 Å². The molecule has 0 aliphatic carbocycles. The fourth-order valence-electron chi connectivity index (χ4n) is 2.19. The highest BCUT2D eigenvalue weighted by Gasteiger charge is 2.16. The maximum Gasteiger partial charge on any atom is 0.331 e. The predicted octanol–water partition coefficient (Wildman–Crippen LogP) is 3.11. The lowest BCUT2D eigenvalue weighted by molar-refractivity contribution is -0.142. The lowest BCUT2D eigenvalue weighted by atomic mass is 10.1. The summed E-state index contributed by atoms with van der Waals surface area (Å²) in [6.45, 7) is 1.40. The normalized spacial score (nSPS) is 10.2. The van der Waals surface area contributed by atoms with Crippen LogP contribution in [-0.2, 0) is 14.3 Å². The summed E-state index contributed by atoms with van der Waals surface area (Å²) in [7, 11) is 0. The van der Waals surface area contributed by atoms with Crippen LogP contribution < -0.4 is 4.90 Å². The fraction of sp³-hybridized carbons (Fsp3) is 0.150. The van der Waals surface area contributed by atoms with Crippen LogP contribution in [0.15, 0.2) is 60.7 Å².